The van der Waals surface area contributed by atoms with Crippen LogP contribution < -0.4 is 4.90 Å². The number of aromatic nitrogens is 4. The van der Waals surface area contributed by atoms with Gasteiger partial charge in [-0.1, -0.05) is 25.7 Å². The van der Waals surface area contributed by atoms with Crippen molar-refractivity contribution in [2.75, 3.05) is 11.9 Å². The summed E-state index contributed by atoms with van der Waals surface area (Å²) in [6.45, 7) is 0. The predicted octanol–water partition coefficient (Wildman–Crippen LogP) is 3.17. The Balaban J connectivity index is 1.95. The molecule has 0 bridgehead atoms. The van der Waals surface area contributed by atoms with Gasteiger partial charge in [-0.05, 0) is 24.4 Å². The van der Waals surface area contributed by atoms with Gasteiger partial charge in [0.1, 0.15) is 5.82 Å². The normalized spacial score (nSPS) is 17.6. The van der Waals surface area contributed by atoms with Crippen LogP contribution in [-0.4, -0.2) is 33.3 Å². The zero-order valence-electron chi connectivity index (χ0n) is 11.1. The van der Waals surface area contributed by atoms with E-state index < -0.39 is 0 Å². The molecular formula is C13H18ClN5. The summed E-state index contributed by atoms with van der Waals surface area (Å²) < 4.78 is 0. The standard InChI is InChI=1S/C13H18ClN5/c1-19(9-6-4-2-3-5-7-9)12-10-8-15-18-11(10)16-13(14)17-12/h8-9H,2-7H2,1H3,(H,15,16,17,18). The zero-order chi connectivity index (χ0) is 13.2. The van der Waals surface area contributed by atoms with Crippen LogP contribution in [0.4, 0.5) is 5.82 Å². The second-order valence-corrected chi connectivity index (χ2v) is 5.54. The van der Waals surface area contributed by atoms with Crippen molar-refractivity contribution >= 4 is 28.5 Å². The molecular weight excluding hydrogens is 262 g/mol. The summed E-state index contributed by atoms with van der Waals surface area (Å²) in [7, 11) is 2.10. The Morgan fingerprint density at radius 1 is 1.21 bits per heavy atom. The van der Waals surface area contributed by atoms with Crippen LogP contribution in [0, 0.1) is 0 Å². The molecule has 1 aliphatic rings. The highest BCUT2D eigenvalue weighted by Gasteiger charge is 2.21. The van der Waals surface area contributed by atoms with E-state index in [-0.39, 0.29) is 5.28 Å². The number of H-pyrrole nitrogens is 1. The maximum Gasteiger partial charge on any atom is 0.226 e. The number of anilines is 1. The van der Waals surface area contributed by atoms with Crippen molar-refractivity contribution in [2.24, 2.45) is 0 Å². The Morgan fingerprint density at radius 3 is 2.68 bits per heavy atom. The summed E-state index contributed by atoms with van der Waals surface area (Å²) in [5.74, 6) is 0.885. The first-order chi connectivity index (χ1) is 9.25. The fraction of sp³-hybridized carbons (Fsp3) is 0.615. The SMILES string of the molecule is CN(c1nc(Cl)nc2[nH]ncc12)C1CCCCCC1. The van der Waals surface area contributed by atoms with Gasteiger partial charge in [0.2, 0.25) is 5.28 Å². The molecule has 5 nitrogen and oxygen atoms in total. The number of fused-ring (bicyclic) bond motifs is 1. The van der Waals surface area contributed by atoms with Crippen LogP contribution >= 0.6 is 11.6 Å². The maximum atomic E-state index is 6.00. The first kappa shape index (κ1) is 12.7. The number of nitrogens with zero attached hydrogens (tertiary/aromatic N) is 4. The maximum absolute atomic E-state index is 6.00. The van der Waals surface area contributed by atoms with Gasteiger partial charge in [0.25, 0.3) is 0 Å². The summed E-state index contributed by atoms with van der Waals surface area (Å²) in [5, 5.41) is 8.11. The van der Waals surface area contributed by atoms with Gasteiger partial charge in [0.15, 0.2) is 5.65 Å². The molecule has 2 heterocycles. The second-order valence-electron chi connectivity index (χ2n) is 5.20. The minimum absolute atomic E-state index is 0.271. The highest BCUT2D eigenvalue weighted by atomic mass is 35.5. The second kappa shape index (κ2) is 5.33. The largest absolute Gasteiger partial charge is 0.356 e. The molecule has 0 radical (unpaired) electrons. The lowest BCUT2D eigenvalue weighted by molar-refractivity contribution is 0.550. The predicted molar refractivity (Wildman–Crippen MR) is 76.6 cm³/mol. The van der Waals surface area contributed by atoms with E-state index in [1.807, 2.05) is 0 Å². The highest BCUT2D eigenvalue weighted by molar-refractivity contribution is 6.28. The van der Waals surface area contributed by atoms with Gasteiger partial charge in [-0.25, -0.2) is 0 Å². The fourth-order valence-electron chi connectivity index (χ4n) is 2.88. The average Bonchev–Trinajstić information content (AvgIpc) is 2.70. The van der Waals surface area contributed by atoms with Crippen LogP contribution in [0.5, 0.6) is 0 Å². The van der Waals surface area contributed by atoms with E-state index >= 15 is 0 Å². The number of rotatable bonds is 2. The lowest BCUT2D eigenvalue weighted by atomic mass is 10.1. The Bertz CT molecular complexity index is 559. The number of nitrogens with one attached hydrogen (secondary N) is 1. The van der Waals surface area contributed by atoms with Crippen LogP contribution in [0.3, 0.4) is 0 Å². The third-order valence-electron chi connectivity index (χ3n) is 3.97. The van der Waals surface area contributed by atoms with Gasteiger partial charge in [-0.15, -0.1) is 0 Å². The molecule has 0 amide bonds. The van der Waals surface area contributed by atoms with E-state index in [2.05, 4.69) is 32.1 Å². The molecule has 19 heavy (non-hydrogen) atoms. The number of aromatic amines is 1. The van der Waals surface area contributed by atoms with Crippen molar-refractivity contribution in [1.82, 2.24) is 20.2 Å². The summed E-state index contributed by atoms with van der Waals surface area (Å²) in [5.41, 5.74) is 0.704. The molecule has 0 unspecified atom stereocenters. The molecule has 1 N–H and O–H groups in total. The van der Waals surface area contributed by atoms with Crippen LogP contribution in [0.25, 0.3) is 11.0 Å². The Morgan fingerprint density at radius 2 is 1.95 bits per heavy atom. The van der Waals surface area contributed by atoms with Crippen LogP contribution in [0.2, 0.25) is 5.28 Å². The van der Waals surface area contributed by atoms with E-state index in [0.29, 0.717) is 11.7 Å². The topological polar surface area (TPSA) is 57.7 Å². The Hall–Kier alpha value is -1.36. The molecule has 0 atom stereocenters. The van der Waals surface area contributed by atoms with Crippen molar-refractivity contribution in [3.63, 3.8) is 0 Å². The van der Waals surface area contributed by atoms with Crippen LogP contribution in [-0.2, 0) is 0 Å². The van der Waals surface area contributed by atoms with E-state index in [9.17, 15) is 0 Å². The minimum atomic E-state index is 0.271. The van der Waals surface area contributed by atoms with Gasteiger partial charge in [-0.2, -0.15) is 15.1 Å². The molecule has 102 valence electrons. The van der Waals surface area contributed by atoms with Gasteiger partial charge in [0.05, 0.1) is 11.6 Å². The first-order valence-electron chi connectivity index (χ1n) is 6.85. The quantitative estimate of drug-likeness (QED) is 0.678. The molecule has 2 aromatic heterocycles. The zero-order valence-corrected chi connectivity index (χ0v) is 11.8. The molecule has 6 heteroatoms. The summed E-state index contributed by atoms with van der Waals surface area (Å²) in [6.07, 6.45) is 9.49. The number of halogens is 1. The highest BCUT2D eigenvalue weighted by Crippen LogP contribution is 2.29. The Labute approximate surface area is 117 Å². The molecule has 3 rings (SSSR count). The van der Waals surface area contributed by atoms with Gasteiger partial charge < -0.3 is 4.90 Å². The molecule has 0 spiro atoms. The van der Waals surface area contributed by atoms with Crippen LogP contribution in [0.1, 0.15) is 38.5 Å². The Kier molecular flexibility index (Phi) is 3.55. The summed E-state index contributed by atoms with van der Waals surface area (Å²) in [4.78, 5) is 10.8. The van der Waals surface area contributed by atoms with Crippen LogP contribution in [0.15, 0.2) is 6.20 Å². The smallest absolute Gasteiger partial charge is 0.226 e. The fourth-order valence-corrected chi connectivity index (χ4v) is 3.04. The average molecular weight is 280 g/mol. The molecule has 2 aromatic rings. The van der Waals surface area contributed by atoms with E-state index in [0.717, 1.165) is 11.2 Å². The van der Waals surface area contributed by atoms with Crippen molar-refractivity contribution in [3.8, 4) is 0 Å². The lowest BCUT2D eigenvalue weighted by Crippen LogP contribution is -2.32. The first-order valence-corrected chi connectivity index (χ1v) is 7.23. The minimum Gasteiger partial charge on any atom is -0.356 e. The van der Waals surface area contributed by atoms with Gasteiger partial charge in [0, 0.05) is 13.1 Å². The van der Waals surface area contributed by atoms with Gasteiger partial charge in [-0.3, -0.25) is 5.10 Å². The van der Waals surface area contributed by atoms with E-state index in [4.69, 9.17) is 11.6 Å². The molecule has 0 saturated heterocycles. The summed E-state index contributed by atoms with van der Waals surface area (Å²) in [6, 6.07) is 0.534. The summed E-state index contributed by atoms with van der Waals surface area (Å²) >= 11 is 6.00. The number of hydrogen-bond acceptors (Lipinski definition) is 4. The van der Waals surface area contributed by atoms with E-state index in [1.54, 1.807) is 6.20 Å². The molecule has 1 fully saturated rings. The van der Waals surface area contributed by atoms with Crippen molar-refractivity contribution < 1.29 is 0 Å². The molecule has 0 aromatic carbocycles. The number of hydrogen-bond donors (Lipinski definition) is 1. The van der Waals surface area contributed by atoms with Crippen molar-refractivity contribution in [1.29, 1.82) is 0 Å². The molecule has 1 saturated carbocycles. The monoisotopic (exact) mass is 279 g/mol. The van der Waals surface area contributed by atoms with Gasteiger partial charge >= 0.3 is 0 Å². The lowest BCUT2D eigenvalue weighted by Gasteiger charge is -2.28. The molecule has 1 aliphatic carbocycles. The van der Waals surface area contributed by atoms with Crippen molar-refractivity contribution in [2.45, 2.75) is 44.6 Å². The van der Waals surface area contributed by atoms with E-state index in [1.165, 1.54) is 38.5 Å². The molecule has 0 aliphatic heterocycles. The van der Waals surface area contributed by atoms with Crippen molar-refractivity contribution in [3.05, 3.63) is 11.5 Å². The third-order valence-corrected chi connectivity index (χ3v) is 4.14. The third kappa shape index (κ3) is 2.52.